The van der Waals surface area contributed by atoms with Crippen molar-refractivity contribution in [3.05, 3.63) is 29.5 Å². The van der Waals surface area contributed by atoms with Crippen molar-refractivity contribution in [2.75, 3.05) is 13.6 Å². The van der Waals surface area contributed by atoms with Crippen LogP contribution in [0.1, 0.15) is 25.1 Å². The van der Waals surface area contributed by atoms with Gasteiger partial charge in [-0.3, -0.25) is 0 Å². The monoisotopic (exact) mass is 247 g/mol. The van der Waals surface area contributed by atoms with E-state index >= 15 is 0 Å². The van der Waals surface area contributed by atoms with E-state index in [1.165, 1.54) is 24.1 Å². The highest BCUT2D eigenvalue weighted by Crippen LogP contribution is 2.42. The Morgan fingerprint density at radius 2 is 2.41 bits per heavy atom. The first-order valence-corrected chi connectivity index (χ1v) is 6.96. The maximum Gasteiger partial charge on any atom is 0.114 e. The van der Waals surface area contributed by atoms with Crippen LogP contribution in [-0.2, 0) is 5.41 Å². The number of aromatic nitrogens is 2. The van der Waals surface area contributed by atoms with Crippen LogP contribution in [0.2, 0.25) is 0 Å². The highest BCUT2D eigenvalue weighted by Gasteiger charge is 2.40. The molecule has 0 saturated heterocycles. The predicted octanol–water partition coefficient (Wildman–Crippen LogP) is 2.78. The van der Waals surface area contributed by atoms with Crippen molar-refractivity contribution in [2.45, 2.75) is 24.7 Å². The van der Waals surface area contributed by atoms with Crippen LogP contribution in [-0.4, -0.2) is 23.6 Å². The molecule has 0 bridgehead atoms. The number of hydrogen-bond donors (Lipinski definition) is 2. The smallest absolute Gasteiger partial charge is 0.114 e. The maximum atomic E-state index is 4.60. The van der Waals surface area contributed by atoms with E-state index < -0.39 is 0 Å². The third kappa shape index (κ3) is 1.81. The molecule has 17 heavy (non-hydrogen) atoms. The van der Waals surface area contributed by atoms with Crippen molar-refractivity contribution in [3.8, 4) is 10.6 Å². The van der Waals surface area contributed by atoms with Crippen LogP contribution in [0, 0.1) is 0 Å². The third-order valence-electron chi connectivity index (χ3n) is 3.69. The molecule has 4 heteroatoms. The van der Waals surface area contributed by atoms with Gasteiger partial charge in [-0.2, -0.15) is 0 Å². The average Bonchev–Trinajstić information content (AvgIpc) is 2.92. The second-order valence-corrected chi connectivity index (χ2v) is 5.73. The molecule has 1 aliphatic carbocycles. The number of thiophene rings is 1. The third-order valence-corrected chi connectivity index (χ3v) is 4.59. The van der Waals surface area contributed by atoms with Crippen LogP contribution in [0.5, 0.6) is 0 Å². The molecule has 0 spiro atoms. The molecular formula is C13H17N3S. The number of rotatable bonds is 4. The van der Waals surface area contributed by atoms with E-state index in [4.69, 9.17) is 0 Å². The van der Waals surface area contributed by atoms with Gasteiger partial charge in [0.15, 0.2) is 0 Å². The van der Waals surface area contributed by atoms with E-state index in [9.17, 15) is 0 Å². The van der Waals surface area contributed by atoms with Crippen LogP contribution >= 0.6 is 11.3 Å². The van der Waals surface area contributed by atoms with Crippen LogP contribution < -0.4 is 5.32 Å². The number of likely N-dealkylation sites (N-methyl/N-ethyl adjacent to an activating group) is 1. The van der Waals surface area contributed by atoms with Gasteiger partial charge in [0, 0.05) is 12.0 Å². The summed E-state index contributed by atoms with van der Waals surface area (Å²) in [6.07, 6.45) is 5.77. The number of aromatic amines is 1. The van der Waals surface area contributed by atoms with Gasteiger partial charge in [-0.05, 0) is 31.3 Å². The molecule has 0 atom stereocenters. The number of hydrogen-bond acceptors (Lipinski definition) is 3. The van der Waals surface area contributed by atoms with Crippen molar-refractivity contribution in [1.29, 1.82) is 0 Å². The first-order chi connectivity index (χ1) is 8.34. The molecule has 1 saturated carbocycles. The van der Waals surface area contributed by atoms with Crippen molar-refractivity contribution < 1.29 is 0 Å². The molecule has 2 aromatic heterocycles. The van der Waals surface area contributed by atoms with Gasteiger partial charge in [0.1, 0.15) is 5.82 Å². The molecule has 0 radical (unpaired) electrons. The lowest BCUT2D eigenvalue weighted by Crippen LogP contribution is -2.43. The molecule has 2 aromatic rings. The minimum absolute atomic E-state index is 0.254. The van der Waals surface area contributed by atoms with Gasteiger partial charge in [-0.1, -0.05) is 12.5 Å². The first-order valence-electron chi connectivity index (χ1n) is 6.08. The van der Waals surface area contributed by atoms with E-state index in [1.54, 1.807) is 11.3 Å². The Labute approximate surface area is 105 Å². The van der Waals surface area contributed by atoms with Crippen LogP contribution in [0.4, 0.5) is 0 Å². The van der Waals surface area contributed by atoms with E-state index in [-0.39, 0.29) is 5.41 Å². The number of H-pyrrole nitrogens is 1. The van der Waals surface area contributed by atoms with E-state index in [1.807, 2.05) is 13.2 Å². The molecule has 90 valence electrons. The Kier molecular flexibility index (Phi) is 2.76. The fourth-order valence-corrected chi connectivity index (χ4v) is 3.28. The van der Waals surface area contributed by atoms with Crippen molar-refractivity contribution in [1.82, 2.24) is 15.3 Å². The Morgan fingerprint density at radius 3 is 3.00 bits per heavy atom. The molecule has 3 rings (SSSR count). The fourth-order valence-electron chi connectivity index (χ4n) is 2.59. The molecule has 0 aromatic carbocycles. The van der Waals surface area contributed by atoms with Crippen LogP contribution in [0.25, 0.3) is 10.6 Å². The zero-order valence-corrected chi connectivity index (χ0v) is 10.8. The summed E-state index contributed by atoms with van der Waals surface area (Å²) in [4.78, 5) is 9.36. The molecule has 0 amide bonds. The summed E-state index contributed by atoms with van der Waals surface area (Å²) in [7, 11) is 2.02. The van der Waals surface area contributed by atoms with Gasteiger partial charge in [-0.15, -0.1) is 11.3 Å². The van der Waals surface area contributed by atoms with Gasteiger partial charge in [0.25, 0.3) is 0 Å². The highest BCUT2D eigenvalue weighted by atomic mass is 32.1. The lowest BCUT2D eigenvalue weighted by molar-refractivity contribution is 0.226. The second-order valence-electron chi connectivity index (χ2n) is 4.79. The molecular weight excluding hydrogens is 230 g/mol. The van der Waals surface area contributed by atoms with E-state index in [0.717, 1.165) is 18.1 Å². The van der Waals surface area contributed by atoms with Crippen LogP contribution in [0.15, 0.2) is 23.7 Å². The molecule has 2 N–H and O–H groups in total. The molecule has 0 aliphatic heterocycles. The summed E-state index contributed by atoms with van der Waals surface area (Å²) >= 11 is 1.75. The van der Waals surface area contributed by atoms with E-state index in [2.05, 4.69) is 32.8 Å². The van der Waals surface area contributed by atoms with Gasteiger partial charge in [-0.25, -0.2) is 4.98 Å². The largest absolute Gasteiger partial charge is 0.341 e. The highest BCUT2D eigenvalue weighted by molar-refractivity contribution is 7.13. The van der Waals surface area contributed by atoms with E-state index in [0.29, 0.717) is 0 Å². The Balaban J connectivity index is 1.89. The molecule has 3 nitrogen and oxygen atoms in total. The topological polar surface area (TPSA) is 40.7 Å². The molecule has 2 heterocycles. The quantitative estimate of drug-likeness (QED) is 0.872. The second kappa shape index (κ2) is 4.27. The maximum absolute atomic E-state index is 4.60. The zero-order chi connectivity index (χ0) is 11.7. The predicted molar refractivity (Wildman–Crippen MR) is 71.4 cm³/mol. The summed E-state index contributed by atoms with van der Waals surface area (Å²) < 4.78 is 0. The number of imidazole rings is 1. The summed E-state index contributed by atoms with van der Waals surface area (Å²) in [5, 5.41) is 5.40. The van der Waals surface area contributed by atoms with Gasteiger partial charge in [0.05, 0.1) is 16.8 Å². The first kappa shape index (κ1) is 11.0. The normalized spacial score (nSPS) is 17.9. The SMILES string of the molecule is CNCC1(c2ncc(-c3cccs3)[nH]2)CCC1. The minimum Gasteiger partial charge on any atom is -0.341 e. The standard InChI is InChI=1S/C13H17N3S/c1-14-9-13(5-3-6-13)12-15-8-10(16-12)11-4-2-7-17-11/h2,4,7-8,14H,3,5-6,9H2,1H3,(H,15,16). The van der Waals surface area contributed by atoms with Crippen LogP contribution in [0.3, 0.4) is 0 Å². The molecule has 1 fully saturated rings. The number of nitrogens with zero attached hydrogens (tertiary/aromatic N) is 1. The Morgan fingerprint density at radius 1 is 1.53 bits per heavy atom. The average molecular weight is 247 g/mol. The molecule has 1 aliphatic rings. The van der Waals surface area contributed by atoms with Gasteiger partial charge in [0.2, 0.25) is 0 Å². The van der Waals surface area contributed by atoms with Crippen molar-refractivity contribution in [3.63, 3.8) is 0 Å². The lowest BCUT2D eigenvalue weighted by Gasteiger charge is -2.40. The number of nitrogens with one attached hydrogen (secondary N) is 2. The van der Waals surface area contributed by atoms with Gasteiger partial charge >= 0.3 is 0 Å². The lowest BCUT2D eigenvalue weighted by atomic mass is 9.68. The minimum atomic E-state index is 0.254. The molecule has 0 unspecified atom stereocenters. The summed E-state index contributed by atoms with van der Waals surface area (Å²) in [5.74, 6) is 1.15. The van der Waals surface area contributed by atoms with Crippen molar-refractivity contribution >= 4 is 11.3 Å². The summed E-state index contributed by atoms with van der Waals surface area (Å²) in [6.45, 7) is 1.02. The fraction of sp³-hybridized carbons (Fsp3) is 0.462. The summed E-state index contributed by atoms with van der Waals surface area (Å²) in [5.41, 5.74) is 1.40. The van der Waals surface area contributed by atoms with Gasteiger partial charge < -0.3 is 10.3 Å². The Hall–Kier alpha value is -1.13. The van der Waals surface area contributed by atoms with Crippen molar-refractivity contribution in [2.24, 2.45) is 0 Å². The Bertz CT molecular complexity index is 482. The summed E-state index contributed by atoms with van der Waals surface area (Å²) in [6, 6.07) is 4.21. The zero-order valence-electron chi connectivity index (χ0n) is 9.99.